The van der Waals surface area contributed by atoms with E-state index in [1.165, 1.54) is 6.92 Å². The predicted octanol–water partition coefficient (Wildman–Crippen LogP) is 4.68. The minimum absolute atomic E-state index is 0.0229. The van der Waals surface area contributed by atoms with Crippen LogP contribution in [0, 0.1) is 11.8 Å². The molecule has 1 fully saturated rings. The van der Waals surface area contributed by atoms with Gasteiger partial charge in [0.1, 0.15) is 30.4 Å². The second kappa shape index (κ2) is 28.1. The summed E-state index contributed by atoms with van der Waals surface area (Å²) in [6.07, 6.45) is 5.01. The molecule has 0 spiro atoms. The third-order valence-electron chi connectivity index (χ3n) is 12.2. The molecule has 0 radical (unpaired) electrons. The molecule has 4 N–H and O–H groups in total. The van der Waals surface area contributed by atoms with Gasteiger partial charge in [-0.25, -0.2) is 9.48 Å². The summed E-state index contributed by atoms with van der Waals surface area (Å²) in [5.74, 6) is -3.42. The highest BCUT2D eigenvalue weighted by molar-refractivity contribution is 5.98. The van der Waals surface area contributed by atoms with Crippen LogP contribution >= 0.6 is 0 Å². The fourth-order valence-electron chi connectivity index (χ4n) is 8.11. The Bertz CT molecular complexity index is 2040. The van der Waals surface area contributed by atoms with E-state index in [0.717, 1.165) is 24.0 Å². The number of benzene rings is 2. The summed E-state index contributed by atoms with van der Waals surface area (Å²) in [5.41, 5.74) is 0.676. The van der Waals surface area contributed by atoms with Crippen LogP contribution in [0.25, 0.3) is 0 Å². The van der Waals surface area contributed by atoms with Gasteiger partial charge in [-0.1, -0.05) is 114 Å². The van der Waals surface area contributed by atoms with E-state index in [1.807, 2.05) is 93.3 Å². The van der Waals surface area contributed by atoms with Crippen molar-refractivity contribution in [1.29, 1.82) is 0 Å². The minimum atomic E-state index is -1.62. The third kappa shape index (κ3) is 18.2. The maximum absolute atomic E-state index is 14.5. The van der Waals surface area contributed by atoms with E-state index in [2.05, 4.69) is 45.4 Å². The molecule has 0 bridgehead atoms. The van der Waals surface area contributed by atoms with Crippen LogP contribution in [0.15, 0.2) is 66.9 Å². The molecule has 1 aliphatic rings. The van der Waals surface area contributed by atoms with Crippen molar-refractivity contribution < 1.29 is 43.0 Å². The molecular formula is C51H76N8O9. The van der Waals surface area contributed by atoms with Crippen LogP contribution in [0.2, 0.25) is 0 Å². The Morgan fingerprint density at radius 2 is 1.29 bits per heavy atom. The van der Waals surface area contributed by atoms with Gasteiger partial charge in [-0.15, -0.1) is 5.10 Å². The monoisotopic (exact) mass is 945 g/mol. The summed E-state index contributed by atoms with van der Waals surface area (Å²) in [6.45, 7) is 17.0. The number of Topliss-reactive ketones (excluding diaryl/α,β-unsaturated/α-hetero) is 1. The molecule has 68 heavy (non-hydrogen) atoms. The van der Waals surface area contributed by atoms with Gasteiger partial charge in [0, 0.05) is 19.5 Å². The number of morpholine rings is 1. The quantitative estimate of drug-likeness (QED) is 0.0700. The number of nitrogens with zero attached hydrogens (tertiary/aromatic N) is 4. The van der Waals surface area contributed by atoms with Crippen molar-refractivity contribution in [2.75, 3.05) is 39.5 Å². The summed E-state index contributed by atoms with van der Waals surface area (Å²) in [6, 6.07) is 14.7. The minimum Gasteiger partial charge on any atom is -0.450 e. The molecule has 5 atom stereocenters. The maximum Gasteiger partial charge on any atom is 0.333 e. The van der Waals surface area contributed by atoms with Crippen molar-refractivity contribution in [2.24, 2.45) is 11.8 Å². The molecule has 2 aromatic carbocycles. The van der Waals surface area contributed by atoms with Crippen LogP contribution in [-0.2, 0) is 62.4 Å². The van der Waals surface area contributed by atoms with E-state index in [1.54, 1.807) is 17.8 Å². The second-order valence-electron chi connectivity index (χ2n) is 18.7. The number of carbonyl (C=O) groups excluding carboxylic acids is 6. The zero-order chi connectivity index (χ0) is 49.6. The molecule has 0 aliphatic carbocycles. The maximum atomic E-state index is 14.5. The Morgan fingerprint density at radius 3 is 1.90 bits per heavy atom. The molecule has 4 rings (SSSR count). The van der Waals surface area contributed by atoms with Crippen LogP contribution in [0.4, 0.5) is 0 Å². The van der Waals surface area contributed by atoms with Gasteiger partial charge in [-0.3, -0.25) is 28.9 Å². The Labute approximate surface area is 402 Å². The van der Waals surface area contributed by atoms with Gasteiger partial charge in [0.15, 0.2) is 11.4 Å². The number of aryl methyl sites for hydroxylation is 1. The van der Waals surface area contributed by atoms with Crippen LogP contribution in [-0.4, -0.2) is 124 Å². The lowest BCUT2D eigenvalue weighted by molar-refractivity contribution is -0.171. The summed E-state index contributed by atoms with van der Waals surface area (Å²) in [4.78, 5) is 86.0. The first-order valence-corrected chi connectivity index (χ1v) is 24.4. The van der Waals surface area contributed by atoms with Crippen molar-refractivity contribution in [3.05, 3.63) is 83.7 Å². The average molecular weight is 945 g/mol. The van der Waals surface area contributed by atoms with E-state index in [9.17, 15) is 28.8 Å². The van der Waals surface area contributed by atoms with Crippen LogP contribution in [0.1, 0.15) is 117 Å². The number of amides is 4. The van der Waals surface area contributed by atoms with Crippen LogP contribution in [0.5, 0.6) is 0 Å². The van der Waals surface area contributed by atoms with Crippen LogP contribution < -0.4 is 21.3 Å². The largest absolute Gasteiger partial charge is 0.450 e. The first-order valence-electron chi connectivity index (χ1n) is 24.4. The zero-order valence-electron chi connectivity index (χ0n) is 41.5. The van der Waals surface area contributed by atoms with Crippen molar-refractivity contribution in [3.8, 4) is 0 Å². The number of hydrogen-bond acceptors (Lipinski definition) is 12. The van der Waals surface area contributed by atoms with E-state index >= 15 is 0 Å². The molecule has 1 saturated heterocycles. The SMILES string of the molecule is CCC(CC)n1cc(COCC(=O)OC(C)(CC)C(=O)[C@H](CC(C)C)NC(=O)[C@H](Cc2ccccc2)NC(=O)[C@H](CC(C)C)NC(=O)[C@H](CCc2ccccc2)NC(=O)CN2CCOCC2)nn1. The number of esters is 1. The molecule has 1 unspecified atom stereocenters. The number of nitrogens with one attached hydrogen (secondary N) is 4. The van der Waals surface area contributed by atoms with Crippen LogP contribution in [0.3, 0.4) is 0 Å². The lowest BCUT2D eigenvalue weighted by atomic mass is 9.87. The number of carbonyl (C=O) groups is 6. The van der Waals surface area contributed by atoms with E-state index in [-0.39, 0.29) is 69.0 Å². The highest BCUT2D eigenvalue weighted by Gasteiger charge is 2.42. The first-order chi connectivity index (χ1) is 32.5. The summed E-state index contributed by atoms with van der Waals surface area (Å²) >= 11 is 0. The molecule has 374 valence electrons. The molecule has 4 amide bonds. The molecule has 0 saturated carbocycles. The highest BCUT2D eigenvalue weighted by Crippen LogP contribution is 2.23. The van der Waals surface area contributed by atoms with Gasteiger partial charge in [0.2, 0.25) is 23.6 Å². The zero-order valence-corrected chi connectivity index (χ0v) is 41.5. The molecule has 17 heteroatoms. The number of ether oxygens (including phenoxy) is 3. The predicted molar refractivity (Wildman–Crippen MR) is 258 cm³/mol. The number of aromatic nitrogens is 3. The van der Waals surface area contributed by atoms with Crippen molar-refractivity contribution in [3.63, 3.8) is 0 Å². The van der Waals surface area contributed by atoms with Gasteiger partial charge < -0.3 is 35.5 Å². The van der Waals surface area contributed by atoms with Crippen molar-refractivity contribution >= 4 is 35.4 Å². The topological polar surface area (TPSA) is 212 Å². The van der Waals surface area contributed by atoms with E-state index < -0.39 is 65.8 Å². The molecular weight excluding hydrogens is 869 g/mol. The lowest BCUT2D eigenvalue weighted by Crippen LogP contribution is -2.60. The first kappa shape index (κ1) is 55.1. The van der Waals surface area contributed by atoms with E-state index in [4.69, 9.17) is 14.2 Å². The summed E-state index contributed by atoms with van der Waals surface area (Å²) < 4.78 is 18.6. The van der Waals surface area contributed by atoms with Gasteiger partial charge in [-0.2, -0.15) is 0 Å². The van der Waals surface area contributed by atoms with Gasteiger partial charge in [0.25, 0.3) is 0 Å². The number of hydrogen-bond donors (Lipinski definition) is 4. The molecule has 17 nitrogen and oxygen atoms in total. The fraction of sp³-hybridized carbons (Fsp3) is 0.608. The fourth-order valence-corrected chi connectivity index (χ4v) is 8.11. The number of ketones is 1. The lowest BCUT2D eigenvalue weighted by Gasteiger charge is -2.33. The standard InChI is InChI=1S/C51H76N8O9/c1-9-40(10-2)59-31-39(56-57-59)33-67-34-46(61)68-51(8,11-3)47(62)42(28-35(4)5)53-50(65)44(30-38-20-16-13-17-21-38)55-49(64)43(29-36(6)7)54-48(63)41(23-22-37-18-14-12-15-19-37)52-45(60)32-58-24-26-66-27-25-58/h12-21,31,35-36,40-44H,9-11,22-30,32-34H2,1-8H3,(H,52,60)(H,53,65)(H,54,63)(H,55,64)/t41-,42-,43-,44-,51?/m0/s1. The van der Waals surface area contributed by atoms with Gasteiger partial charge in [0.05, 0.1) is 44.6 Å². The van der Waals surface area contributed by atoms with Crippen molar-refractivity contribution in [2.45, 2.75) is 149 Å². The molecule has 1 aromatic heterocycles. The molecule has 3 aromatic rings. The summed E-state index contributed by atoms with van der Waals surface area (Å²) in [7, 11) is 0. The summed E-state index contributed by atoms with van der Waals surface area (Å²) in [5, 5.41) is 20.0. The smallest absolute Gasteiger partial charge is 0.333 e. The van der Waals surface area contributed by atoms with Gasteiger partial charge >= 0.3 is 5.97 Å². The molecule has 2 heterocycles. The Balaban J connectivity index is 1.50. The number of rotatable bonds is 29. The highest BCUT2D eigenvalue weighted by atomic mass is 16.6. The van der Waals surface area contributed by atoms with Crippen molar-refractivity contribution in [1.82, 2.24) is 41.2 Å². The molecule has 1 aliphatic heterocycles. The van der Waals surface area contributed by atoms with Gasteiger partial charge in [-0.05, 0) is 74.8 Å². The Kier molecular flexibility index (Phi) is 22.8. The second-order valence-corrected chi connectivity index (χ2v) is 18.7. The normalized spacial score (nSPS) is 15.8. The van der Waals surface area contributed by atoms with E-state index in [0.29, 0.717) is 38.4 Å². The third-order valence-corrected chi connectivity index (χ3v) is 12.2. The Hall–Kier alpha value is -5.52. The Morgan fingerprint density at radius 1 is 0.735 bits per heavy atom. The average Bonchev–Trinajstić information content (AvgIpc) is 3.78.